The second kappa shape index (κ2) is 5.61. The van der Waals surface area contributed by atoms with Crippen LogP contribution in [0.5, 0.6) is 0 Å². The number of hydrogen-bond donors (Lipinski definition) is 2. The first-order valence-electron chi connectivity index (χ1n) is 5.92. The molecule has 2 N–H and O–H groups in total. The first kappa shape index (κ1) is 12.5. The van der Waals surface area contributed by atoms with Gasteiger partial charge in [-0.1, -0.05) is 6.07 Å². The molecule has 1 aromatic carbocycles. The lowest BCUT2D eigenvalue weighted by Crippen LogP contribution is -2.23. The number of nitriles is 1. The second-order valence-corrected chi connectivity index (χ2v) is 4.30. The van der Waals surface area contributed by atoms with Crippen LogP contribution < -0.4 is 10.6 Å². The summed E-state index contributed by atoms with van der Waals surface area (Å²) in [5.41, 5.74) is 0.106. The fourth-order valence-electron chi connectivity index (χ4n) is 1.63. The number of rotatable bonds is 5. The van der Waals surface area contributed by atoms with Gasteiger partial charge in [-0.2, -0.15) is 5.26 Å². The Morgan fingerprint density at radius 1 is 1.50 bits per heavy atom. The van der Waals surface area contributed by atoms with Crippen molar-refractivity contribution in [3.8, 4) is 6.07 Å². The Morgan fingerprint density at radius 2 is 2.28 bits per heavy atom. The molecule has 0 unspecified atom stereocenters. The van der Waals surface area contributed by atoms with Gasteiger partial charge in [-0.25, -0.2) is 4.39 Å². The summed E-state index contributed by atoms with van der Waals surface area (Å²) in [7, 11) is 0. The molecule has 1 saturated carbocycles. The molecule has 18 heavy (non-hydrogen) atoms. The van der Waals surface area contributed by atoms with Crippen molar-refractivity contribution >= 4 is 11.6 Å². The van der Waals surface area contributed by atoms with Crippen molar-refractivity contribution < 1.29 is 9.18 Å². The summed E-state index contributed by atoms with van der Waals surface area (Å²) in [6, 6.07) is 6.49. The number of nitrogens with zero attached hydrogens (tertiary/aromatic N) is 1. The van der Waals surface area contributed by atoms with Gasteiger partial charge in [0.05, 0.1) is 5.69 Å². The molecular formula is C13H14FN3O. The molecule has 2 rings (SSSR count). The van der Waals surface area contributed by atoms with E-state index < -0.39 is 5.82 Å². The third-order valence-electron chi connectivity index (χ3n) is 2.76. The summed E-state index contributed by atoms with van der Waals surface area (Å²) < 4.78 is 13.3. The van der Waals surface area contributed by atoms with Gasteiger partial charge in [0.2, 0.25) is 5.91 Å². The summed E-state index contributed by atoms with van der Waals surface area (Å²) in [4.78, 5) is 11.6. The zero-order chi connectivity index (χ0) is 13.0. The minimum Gasteiger partial charge on any atom is -0.325 e. The Hall–Kier alpha value is -1.93. The van der Waals surface area contributed by atoms with E-state index in [9.17, 15) is 9.18 Å². The molecule has 1 fully saturated rings. The molecule has 0 bridgehead atoms. The number of anilines is 1. The predicted octanol–water partition coefficient (Wildman–Crippen LogP) is 1.78. The fraction of sp³-hybridized carbons (Fsp3) is 0.385. The van der Waals surface area contributed by atoms with E-state index in [-0.39, 0.29) is 17.2 Å². The largest absolute Gasteiger partial charge is 0.325 e. The van der Waals surface area contributed by atoms with Crippen LogP contribution >= 0.6 is 0 Å². The van der Waals surface area contributed by atoms with Crippen molar-refractivity contribution in [2.24, 2.45) is 0 Å². The Balaban J connectivity index is 1.89. The molecule has 5 heteroatoms. The lowest BCUT2D eigenvalue weighted by molar-refractivity contribution is -0.116. The van der Waals surface area contributed by atoms with Gasteiger partial charge in [-0.3, -0.25) is 4.79 Å². The minimum atomic E-state index is -0.619. The van der Waals surface area contributed by atoms with Gasteiger partial charge in [0.1, 0.15) is 17.4 Å². The topological polar surface area (TPSA) is 64.9 Å². The average molecular weight is 247 g/mol. The van der Waals surface area contributed by atoms with Crippen LogP contribution in [0, 0.1) is 17.1 Å². The fourth-order valence-corrected chi connectivity index (χ4v) is 1.63. The van der Waals surface area contributed by atoms with Gasteiger partial charge in [0.25, 0.3) is 0 Å². The number of carbonyl (C=O) groups is 1. The number of amides is 1. The van der Waals surface area contributed by atoms with E-state index in [0.29, 0.717) is 19.0 Å². The van der Waals surface area contributed by atoms with Crippen molar-refractivity contribution in [2.75, 3.05) is 11.9 Å². The zero-order valence-electron chi connectivity index (χ0n) is 9.87. The van der Waals surface area contributed by atoms with Crippen LogP contribution in [0.2, 0.25) is 0 Å². The first-order valence-corrected chi connectivity index (χ1v) is 5.92. The Bertz CT molecular complexity index is 491. The highest BCUT2D eigenvalue weighted by Gasteiger charge is 2.20. The number of benzene rings is 1. The maximum Gasteiger partial charge on any atom is 0.225 e. The summed E-state index contributed by atoms with van der Waals surface area (Å²) in [5.74, 6) is -0.836. The molecular weight excluding hydrogens is 233 g/mol. The van der Waals surface area contributed by atoms with Crippen LogP contribution in [0.4, 0.5) is 10.1 Å². The van der Waals surface area contributed by atoms with E-state index in [4.69, 9.17) is 5.26 Å². The van der Waals surface area contributed by atoms with Crippen LogP contribution in [0.1, 0.15) is 24.8 Å². The quantitative estimate of drug-likeness (QED) is 0.833. The Labute approximate surface area is 105 Å². The van der Waals surface area contributed by atoms with Crippen LogP contribution in [0.3, 0.4) is 0 Å². The highest BCUT2D eigenvalue weighted by atomic mass is 19.1. The highest BCUT2D eigenvalue weighted by Crippen LogP contribution is 2.19. The van der Waals surface area contributed by atoms with Crippen molar-refractivity contribution in [2.45, 2.75) is 25.3 Å². The predicted molar refractivity (Wildman–Crippen MR) is 65.4 cm³/mol. The van der Waals surface area contributed by atoms with E-state index >= 15 is 0 Å². The summed E-state index contributed by atoms with van der Waals surface area (Å²) in [6.07, 6.45) is 2.66. The van der Waals surface area contributed by atoms with Crippen LogP contribution in [-0.2, 0) is 4.79 Å². The van der Waals surface area contributed by atoms with E-state index in [2.05, 4.69) is 10.6 Å². The molecule has 0 aliphatic heterocycles. The normalized spacial score (nSPS) is 14.0. The molecule has 0 heterocycles. The molecule has 0 atom stereocenters. The molecule has 0 radical (unpaired) electrons. The molecule has 0 aromatic heterocycles. The summed E-state index contributed by atoms with van der Waals surface area (Å²) in [6.45, 7) is 0.605. The van der Waals surface area contributed by atoms with Crippen molar-refractivity contribution in [1.82, 2.24) is 5.32 Å². The standard InChI is InChI=1S/C13H14FN3O/c14-11-2-1-3-12(10(11)8-15)17-13(18)6-7-16-9-4-5-9/h1-3,9,16H,4-7H2,(H,17,18). The molecule has 1 aromatic rings. The Kier molecular flexibility index (Phi) is 3.90. The van der Waals surface area contributed by atoms with Crippen LogP contribution in [-0.4, -0.2) is 18.5 Å². The Morgan fingerprint density at radius 3 is 2.94 bits per heavy atom. The van der Waals surface area contributed by atoms with Crippen LogP contribution in [0.15, 0.2) is 18.2 Å². The van der Waals surface area contributed by atoms with Crippen molar-refractivity contribution in [1.29, 1.82) is 5.26 Å². The lowest BCUT2D eigenvalue weighted by atomic mass is 10.2. The molecule has 1 amide bonds. The molecule has 4 nitrogen and oxygen atoms in total. The molecule has 1 aliphatic carbocycles. The van der Waals surface area contributed by atoms with Gasteiger partial charge < -0.3 is 10.6 Å². The molecule has 0 saturated heterocycles. The summed E-state index contributed by atoms with van der Waals surface area (Å²) in [5, 5.41) is 14.6. The number of hydrogen-bond acceptors (Lipinski definition) is 3. The lowest BCUT2D eigenvalue weighted by Gasteiger charge is -2.07. The van der Waals surface area contributed by atoms with Crippen molar-refractivity contribution in [3.63, 3.8) is 0 Å². The third kappa shape index (κ3) is 3.28. The summed E-state index contributed by atoms with van der Waals surface area (Å²) >= 11 is 0. The average Bonchev–Trinajstić information content (AvgIpc) is 3.13. The van der Waals surface area contributed by atoms with E-state index in [1.165, 1.54) is 31.0 Å². The highest BCUT2D eigenvalue weighted by molar-refractivity contribution is 5.92. The van der Waals surface area contributed by atoms with Crippen molar-refractivity contribution in [3.05, 3.63) is 29.6 Å². The van der Waals surface area contributed by atoms with Gasteiger partial charge in [-0.05, 0) is 25.0 Å². The molecule has 1 aliphatic rings. The smallest absolute Gasteiger partial charge is 0.225 e. The van der Waals surface area contributed by atoms with E-state index in [1.807, 2.05) is 0 Å². The van der Waals surface area contributed by atoms with Gasteiger partial charge in [0.15, 0.2) is 0 Å². The first-order chi connectivity index (χ1) is 8.70. The van der Waals surface area contributed by atoms with Gasteiger partial charge in [-0.15, -0.1) is 0 Å². The number of halogens is 1. The number of nitrogens with one attached hydrogen (secondary N) is 2. The van der Waals surface area contributed by atoms with Gasteiger partial charge in [0, 0.05) is 19.0 Å². The zero-order valence-corrected chi connectivity index (χ0v) is 9.87. The molecule has 94 valence electrons. The van der Waals surface area contributed by atoms with Gasteiger partial charge >= 0.3 is 0 Å². The maximum atomic E-state index is 13.3. The monoisotopic (exact) mass is 247 g/mol. The molecule has 0 spiro atoms. The number of carbonyl (C=O) groups excluding carboxylic acids is 1. The minimum absolute atomic E-state index is 0.124. The second-order valence-electron chi connectivity index (χ2n) is 4.30. The van der Waals surface area contributed by atoms with Crippen LogP contribution in [0.25, 0.3) is 0 Å². The maximum absolute atomic E-state index is 13.3. The van der Waals surface area contributed by atoms with E-state index in [0.717, 1.165) is 0 Å². The third-order valence-corrected chi connectivity index (χ3v) is 2.76. The SMILES string of the molecule is N#Cc1c(F)cccc1NC(=O)CCNC1CC1. The van der Waals surface area contributed by atoms with E-state index in [1.54, 1.807) is 6.07 Å².